The van der Waals surface area contributed by atoms with Gasteiger partial charge in [-0.3, -0.25) is 9.69 Å². The summed E-state index contributed by atoms with van der Waals surface area (Å²) in [5.74, 6) is 0.588. The van der Waals surface area contributed by atoms with Gasteiger partial charge in [0.05, 0.1) is 19.3 Å². The molecule has 1 atom stereocenters. The van der Waals surface area contributed by atoms with E-state index in [1.807, 2.05) is 30.3 Å². The summed E-state index contributed by atoms with van der Waals surface area (Å²) in [6, 6.07) is 18.0. The van der Waals surface area contributed by atoms with Crippen molar-refractivity contribution in [1.82, 2.24) is 10.2 Å². The van der Waals surface area contributed by atoms with Crippen molar-refractivity contribution in [3.63, 3.8) is 0 Å². The van der Waals surface area contributed by atoms with Crippen molar-refractivity contribution in [2.45, 2.75) is 32.2 Å². The van der Waals surface area contributed by atoms with E-state index in [1.165, 1.54) is 5.56 Å². The van der Waals surface area contributed by atoms with Gasteiger partial charge in [0.2, 0.25) is 0 Å². The van der Waals surface area contributed by atoms with Crippen LogP contribution in [0.5, 0.6) is 5.75 Å². The summed E-state index contributed by atoms with van der Waals surface area (Å²) in [4.78, 5) is 14.9. The van der Waals surface area contributed by atoms with Crippen LogP contribution in [0.1, 0.15) is 37.9 Å². The molecule has 1 aliphatic rings. The minimum atomic E-state index is -0.119. The molecule has 1 fully saturated rings. The molecule has 0 saturated carbocycles. The van der Waals surface area contributed by atoms with Gasteiger partial charge >= 0.3 is 0 Å². The van der Waals surface area contributed by atoms with Crippen LogP contribution in [0.25, 0.3) is 0 Å². The summed E-state index contributed by atoms with van der Waals surface area (Å²) in [6.07, 6.45) is 0. The quantitative estimate of drug-likeness (QED) is 0.778. The summed E-state index contributed by atoms with van der Waals surface area (Å²) in [7, 11) is 0. The second-order valence-corrected chi connectivity index (χ2v) is 8.51. The van der Waals surface area contributed by atoms with Crippen molar-refractivity contribution < 1.29 is 14.3 Å². The third kappa shape index (κ3) is 6.58. The van der Waals surface area contributed by atoms with Crippen molar-refractivity contribution in [2.24, 2.45) is 0 Å². The predicted octanol–water partition coefficient (Wildman–Crippen LogP) is 3.55. The fourth-order valence-electron chi connectivity index (χ4n) is 3.40. The van der Waals surface area contributed by atoms with Gasteiger partial charge in [-0.15, -0.1) is 0 Å². The number of nitrogens with one attached hydrogen (secondary N) is 1. The fraction of sp³-hybridized carbons (Fsp3) is 0.458. The van der Waals surface area contributed by atoms with Gasteiger partial charge in [-0.1, -0.05) is 63.2 Å². The van der Waals surface area contributed by atoms with Crippen molar-refractivity contribution >= 4 is 5.91 Å². The number of rotatable bonds is 7. The Labute approximate surface area is 174 Å². The van der Waals surface area contributed by atoms with E-state index in [0.717, 1.165) is 38.4 Å². The van der Waals surface area contributed by atoms with E-state index in [1.54, 1.807) is 0 Å². The molecule has 1 N–H and O–H groups in total. The second-order valence-electron chi connectivity index (χ2n) is 8.51. The minimum absolute atomic E-state index is 0.00130. The largest absolute Gasteiger partial charge is 0.484 e. The SMILES string of the molecule is CC(C)(C)c1ccc(OCC(=O)N[C@H](CN2CCOCC2)c2ccccc2)cc1. The number of carbonyl (C=O) groups excluding carboxylic acids is 1. The van der Waals surface area contributed by atoms with Crippen LogP contribution in [0, 0.1) is 0 Å². The Morgan fingerprint density at radius 2 is 1.72 bits per heavy atom. The molecule has 2 aromatic rings. The third-order valence-corrected chi connectivity index (χ3v) is 5.17. The third-order valence-electron chi connectivity index (χ3n) is 5.17. The molecule has 0 unspecified atom stereocenters. The van der Waals surface area contributed by atoms with Crippen LogP contribution in [0.15, 0.2) is 54.6 Å². The average Bonchev–Trinajstić information content (AvgIpc) is 2.73. The van der Waals surface area contributed by atoms with Crippen LogP contribution in [0.2, 0.25) is 0 Å². The lowest BCUT2D eigenvalue weighted by Crippen LogP contribution is -2.44. The first-order valence-electron chi connectivity index (χ1n) is 10.3. The summed E-state index contributed by atoms with van der Waals surface area (Å²) in [5, 5.41) is 3.14. The van der Waals surface area contributed by atoms with Crippen LogP contribution < -0.4 is 10.1 Å². The molecule has 5 heteroatoms. The molecular weight excluding hydrogens is 364 g/mol. The summed E-state index contributed by atoms with van der Waals surface area (Å²) in [6.45, 7) is 10.5. The minimum Gasteiger partial charge on any atom is -0.484 e. The van der Waals surface area contributed by atoms with Crippen molar-refractivity contribution in [3.8, 4) is 5.75 Å². The Balaban J connectivity index is 1.57. The predicted molar refractivity (Wildman–Crippen MR) is 115 cm³/mol. The summed E-state index contributed by atoms with van der Waals surface area (Å²) >= 11 is 0. The first-order chi connectivity index (χ1) is 13.9. The molecule has 1 heterocycles. The number of hydrogen-bond donors (Lipinski definition) is 1. The van der Waals surface area contributed by atoms with Gasteiger partial charge < -0.3 is 14.8 Å². The summed E-state index contributed by atoms with van der Waals surface area (Å²) < 4.78 is 11.2. The summed E-state index contributed by atoms with van der Waals surface area (Å²) in [5.41, 5.74) is 2.43. The van der Waals surface area contributed by atoms with Crippen molar-refractivity contribution in [1.29, 1.82) is 0 Å². The van der Waals surface area contributed by atoms with E-state index in [-0.39, 0.29) is 24.0 Å². The zero-order chi connectivity index (χ0) is 20.7. The van der Waals surface area contributed by atoms with Crippen LogP contribution >= 0.6 is 0 Å². The maximum Gasteiger partial charge on any atom is 0.258 e. The highest BCUT2D eigenvalue weighted by molar-refractivity contribution is 5.78. The molecule has 3 rings (SSSR count). The smallest absolute Gasteiger partial charge is 0.258 e. The lowest BCUT2D eigenvalue weighted by atomic mass is 9.87. The molecule has 5 nitrogen and oxygen atoms in total. The molecule has 156 valence electrons. The Bertz CT molecular complexity index is 763. The molecular formula is C24H32N2O3. The molecule has 0 aromatic heterocycles. The van der Waals surface area contributed by atoms with Gasteiger partial charge in [0, 0.05) is 19.6 Å². The molecule has 0 radical (unpaired) electrons. The lowest BCUT2D eigenvalue weighted by Gasteiger charge is -2.31. The molecule has 1 aliphatic heterocycles. The van der Waals surface area contributed by atoms with Crippen LogP contribution in [-0.4, -0.2) is 50.3 Å². The first-order valence-corrected chi connectivity index (χ1v) is 10.3. The van der Waals surface area contributed by atoms with E-state index >= 15 is 0 Å². The fourth-order valence-corrected chi connectivity index (χ4v) is 3.40. The van der Waals surface area contributed by atoms with Crippen LogP contribution in [0.3, 0.4) is 0 Å². The van der Waals surface area contributed by atoms with Crippen LogP contribution in [0.4, 0.5) is 0 Å². The molecule has 1 saturated heterocycles. The molecule has 0 aliphatic carbocycles. The van der Waals surface area contributed by atoms with Gasteiger partial charge in [-0.2, -0.15) is 0 Å². The maximum absolute atomic E-state index is 12.6. The number of carbonyl (C=O) groups is 1. The zero-order valence-corrected chi connectivity index (χ0v) is 17.7. The van der Waals surface area contributed by atoms with Gasteiger partial charge in [0.1, 0.15) is 5.75 Å². The molecule has 2 aromatic carbocycles. The number of benzene rings is 2. The highest BCUT2D eigenvalue weighted by atomic mass is 16.5. The Morgan fingerprint density at radius 1 is 1.07 bits per heavy atom. The highest BCUT2D eigenvalue weighted by Gasteiger charge is 2.20. The molecule has 0 spiro atoms. The molecule has 0 bridgehead atoms. The average molecular weight is 397 g/mol. The van der Waals surface area contributed by atoms with E-state index in [2.05, 4.69) is 55.3 Å². The van der Waals surface area contributed by atoms with Crippen molar-refractivity contribution in [2.75, 3.05) is 39.5 Å². The Kier molecular flexibility index (Phi) is 7.29. The van der Waals surface area contributed by atoms with Gasteiger partial charge in [0.15, 0.2) is 6.61 Å². The number of ether oxygens (including phenoxy) is 2. The van der Waals surface area contributed by atoms with Crippen molar-refractivity contribution in [3.05, 3.63) is 65.7 Å². The highest BCUT2D eigenvalue weighted by Crippen LogP contribution is 2.24. The van der Waals surface area contributed by atoms with Gasteiger partial charge in [-0.05, 0) is 28.7 Å². The molecule has 29 heavy (non-hydrogen) atoms. The van der Waals surface area contributed by atoms with E-state index in [0.29, 0.717) is 5.75 Å². The number of hydrogen-bond acceptors (Lipinski definition) is 4. The lowest BCUT2D eigenvalue weighted by molar-refractivity contribution is -0.124. The second kappa shape index (κ2) is 9.90. The topological polar surface area (TPSA) is 50.8 Å². The maximum atomic E-state index is 12.6. The van der Waals surface area contributed by atoms with E-state index in [9.17, 15) is 4.79 Å². The van der Waals surface area contributed by atoms with E-state index < -0.39 is 0 Å². The van der Waals surface area contributed by atoms with Crippen LogP contribution in [-0.2, 0) is 14.9 Å². The Hall–Kier alpha value is -2.37. The first kappa shape index (κ1) is 21.3. The standard InChI is InChI=1S/C24H32N2O3/c1-24(2,3)20-9-11-21(12-10-20)29-18-23(27)25-22(19-7-5-4-6-8-19)17-26-13-15-28-16-14-26/h4-12,22H,13-18H2,1-3H3,(H,25,27)/t22-/m1/s1. The number of amides is 1. The normalized spacial score (nSPS) is 16.2. The number of morpholine rings is 1. The van der Waals surface area contributed by atoms with Gasteiger partial charge in [-0.25, -0.2) is 0 Å². The van der Waals surface area contributed by atoms with Gasteiger partial charge in [0.25, 0.3) is 5.91 Å². The Morgan fingerprint density at radius 3 is 2.34 bits per heavy atom. The monoisotopic (exact) mass is 396 g/mol. The molecule has 1 amide bonds. The van der Waals surface area contributed by atoms with E-state index in [4.69, 9.17) is 9.47 Å². The number of nitrogens with zero attached hydrogens (tertiary/aromatic N) is 1. The zero-order valence-electron chi connectivity index (χ0n) is 17.7.